The standard InChI is InChI=1S/C13H17NO2/c1-10(2)11-4-5-13(12(8-11)9-14)16-7-6-15-3/h4-5,8,10H,6-7H2,1-3H3. The highest BCUT2D eigenvalue weighted by Gasteiger charge is 2.06. The zero-order chi connectivity index (χ0) is 12.0. The second-order valence-corrected chi connectivity index (χ2v) is 3.86. The van der Waals surface area contributed by atoms with Crippen molar-refractivity contribution in [3.63, 3.8) is 0 Å². The molecule has 0 bridgehead atoms. The first-order valence-corrected chi connectivity index (χ1v) is 5.34. The van der Waals surface area contributed by atoms with Crippen molar-refractivity contribution >= 4 is 0 Å². The largest absolute Gasteiger partial charge is 0.490 e. The van der Waals surface area contributed by atoms with Crippen LogP contribution in [0, 0.1) is 11.3 Å². The van der Waals surface area contributed by atoms with Crippen molar-refractivity contribution in [2.45, 2.75) is 19.8 Å². The molecule has 3 heteroatoms. The summed E-state index contributed by atoms with van der Waals surface area (Å²) in [6.45, 7) is 5.19. The van der Waals surface area contributed by atoms with Gasteiger partial charge in [-0.05, 0) is 23.6 Å². The van der Waals surface area contributed by atoms with Crippen molar-refractivity contribution in [2.24, 2.45) is 0 Å². The minimum atomic E-state index is 0.417. The summed E-state index contributed by atoms with van der Waals surface area (Å²) in [4.78, 5) is 0. The molecule has 0 aromatic heterocycles. The summed E-state index contributed by atoms with van der Waals surface area (Å²) < 4.78 is 10.3. The Morgan fingerprint density at radius 2 is 2.06 bits per heavy atom. The van der Waals surface area contributed by atoms with Crippen LogP contribution >= 0.6 is 0 Å². The molecule has 0 amide bonds. The van der Waals surface area contributed by atoms with Crippen LogP contribution in [0.1, 0.15) is 30.9 Å². The third kappa shape index (κ3) is 3.25. The molecule has 0 fully saturated rings. The Morgan fingerprint density at radius 1 is 1.31 bits per heavy atom. The van der Waals surface area contributed by atoms with E-state index in [0.717, 1.165) is 5.56 Å². The van der Waals surface area contributed by atoms with E-state index in [0.29, 0.717) is 30.4 Å². The maximum atomic E-state index is 9.02. The molecular weight excluding hydrogens is 202 g/mol. The molecule has 0 spiro atoms. The number of nitriles is 1. The average molecular weight is 219 g/mol. The van der Waals surface area contributed by atoms with E-state index in [9.17, 15) is 0 Å². The highest BCUT2D eigenvalue weighted by Crippen LogP contribution is 2.23. The van der Waals surface area contributed by atoms with Crippen LogP contribution in [0.5, 0.6) is 5.75 Å². The van der Waals surface area contributed by atoms with Crippen molar-refractivity contribution < 1.29 is 9.47 Å². The molecule has 1 rings (SSSR count). The number of nitrogens with zero attached hydrogens (tertiary/aromatic N) is 1. The summed E-state index contributed by atoms with van der Waals surface area (Å²) in [6, 6.07) is 7.88. The van der Waals surface area contributed by atoms with E-state index < -0.39 is 0 Å². The number of hydrogen-bond acceptors (Lipinski definition) is 3. The van der Waals surface area contributed by atoms with Crippen LogP contribution in [0.25, 0.3) is 0 Å². The molecule has 1 aromatic rings. The molecule has 0 aliphatic heterocycles. The van der Waals surface area contributed by atoms with E-state index in [1.165, 1.54) is 0 Å². The van der Waals surface area contributed by atoms with Crippen LogP contribution in [0.2, 0.25) is 0 Å². The summed E-state index contributed by atoms with van der Waals surface area (Å²) in [5, 5.41) is 9.02. The molecule has 0 heterocycles. The van der Waals surface area contributed by atoms with Gasteiger partial charge in [-0.2, -0.15) is 5.26 Å². The SMILES string of the molecule is COCCOc1ccc(C(C)C)cc1C#N. The lowest BCUT2D eigenvalue weighted by atomic mass is 10.0. The summed E-state index contributed by atoms with van der Waals surface area (Å²) >= 11 is 0. The number of ether oxygens (including phenoxy) is 2. The van der Waals surface area contributed by atoms with E-state index in [-0.39, 0.29) is 0 Å². The molecule has 0 saturated carbocycles. The second-order valence-electron chi connectivity index (χ2n) is 3.86. The summed E-state index contributed by atoms with van der Waals surface area (Å²) in [6.07, 6.45) is 0. The Kier molecular flexibility index (Phi) is 4.81. The quantitative estimate of drug-likeness (QED) is 0.715. The van der Waals surface area contributed by atoms with Gasteiger partial charge < -0.3 is 9.47 Å². The first-order valence-electron chi connectivity index (χ1n) is 5.34. The normalized spacial score (nSPS) is 10.2. The van der Waals surface area contributed by atoms with E-state index in [1.807, 2.05) is 18.2 Å². The first kappa shape index (κ1) is 12.5. The van der Waals surface area contributed by atoms with Gasteiger partial charge in [0.05, 0.1) is 12.2 Å². The van der Waals surface area contributed by atoms with E-state index in [2.05, 4.69) is 19.9 Å². The van der Waals surface area contributed by atoms with Crippen LogP contribution in [0.4, 0.5) is 0 Å². The molecule has 86 valence electrons. The fourth-order valence-electron chi connectivity index (χ4n) is 1.35. The van der Waals surface area contributed by atoms with Crippen molar-refractivity contribution in [1.29, 1.82) is 5.26 Å². The highest BCUT2D eigenvalue weighted by molar-refractivity contribution is 5.46. The predicted molar refractivity (Wildman–Crippen MR) is 62.6 cm³/mol. The molecule has 3 nitrogen and oxygen atoms in total. The zero-order valence-electron chi connectivity index (χ0n) is 9.99. The fraction of sp³-hybridized carbons (Fsp3) is 0.462. The predicted octanol–water partition coefficient (Wildman–Crippen LogP) is 2.71. The second kappa shape index (κ2) is 6.14. The van der Waals surface area contributed by atoms with Gasteiger partial charge in [0.1, 0.15) is 18.4 Å². The van der Waals surface area contributed by atoms with Gasteiger partial charge in [0.15, 0.2) is 0 Å². The molecule has 0 atom stereocenters. The molecule has 0 saturated heterocycles. The minimum Gasteiger partial charge on any atom is -0.490 e. The summed E-state index contributed by atoms with van der Waals surface area (Å²) in [7, 11) is 1.62. The molecule has 0 aliphatic carbocycles. The molecule has 0 unspecified atom stereocenters. The van der Waals surface area contributed by atoms with Crippen LogP contribution in [-0.4, -0.2) is 20.3 Å². The number of hydrogen-bond donors (Lipinski definition) is 0. The lowest BCUT2D eigenvalue weighted by molar-refractivity contribution is 0.146. The number of benzene rings is 1. The Bertz CT molecular complexity index is 380. The van der Waals surface area contributed by atoms with Gasteiger partial charge in [-0.25, -0.2) is 0 Å². The number of rotatable bonds is 5. The maximum Gasteiger partial charge on any atom is 0.137 e. The van der Waals surface area contributed by atoms with Crippen LogP contribution in [0.15, 0.2) is 18.2 Å². The van der Waals surface area contributed by atoms with Crippen molar-refractivity contribution in [2.75, 3.05) is 20.3 Å². The molecule has 1 aromatic carbocycles. The maximum absolute atomic E-state index is 9.02. The molecule has 16 heavy (non-hydrogen) atoms. The average Bonchev–Trinajstić information content (AvgIpc) is 2.29. The molecule has 0 radical (unpaired) electrons. The van der Waals surface area contributed by atoms with Gasteiger partial charge in [0.25, 0.3) is 0 Å². The van der Waals surface area contributed by atoms with Crippen LogP contribution in [-0.2, 0) is 4.74 Å². The number of methoxy groups -OCH3 is 1. The van der Waals surface area contributed by atoms with Gasteiger partial charge in [-0.3, -0.25) is 0 Å². The fourth-order valence-corrected chi connectivity index (χ4v) is 1.35. The Hall–Kier alpha value is -1.53. The Balaban J connectivity index is 2.82. The third-order valence-electron chi connectivity index (χ3n) is 2.34. The monoisotopic (exact) mass is 219 g/mol. The Labute approximate surface area is 96.6 Å². The lowest BCUT2D eigenvalue weighted by Crippen LogP contribution is -2.05. The minimum absolute atomic E-state index is 0.417. The zero-order valence-corrected chi connectivity index (χ0v) is 9.99. The van der Waals surface area contributed by atoms with Gasteiger partial charge in [-0.1, -0.05) is 19.9 Å². The van der Waals surface area contributed by atoms with Gasteiger partial charge in [0, 0.05) is 7.11 Å². The highest BCUT2D eigenvalue weighted by atomic mass is 16.5. The van der Waals surface area contributed by atoms with Gasteiger partial charge in [-0.15, -0.1) is 0 Å². The van der Waals surface area contributed by atoms with Crippen molar-refractivity contribution in [3.8, 4) is 11.8 Å². The Morgan fingerprint density at radius 3 is 2.62 bits per heavy atom. The summed E-state index contributed by atoms with van der Waals surface area (Å²) in [5.74, 6) is 1.05. The lowest BCUT2D eigenvalue weighted by Gasteiger charge is -2.10. The molecule has 0 aliphatic rings. The third-order valence-corrected chi connectivity index (χ3v) is 2.34. The van der Waals surface area contributed by atoms with Gasteiger partial charge in [0.2, 0.25) is 0 Å². The van der Waals surface area contributed by atoms with Crippen LogP contribution < -0.4 is 4.74 Å². The summed E-state index contributed by atoms with van der Waals surface area (Å²) in [5.41, 5.74) is 1.73. The molecule has 0 N–H and O–H groups in total. The van der Waals surface area contributed by atoms with E-state index >= 15 is 0 Å². The van der Waals surface area contributed by atoms with Crippen molar-refractivity contribution in [1.82, 2.24) is 0 Å². The smallest absolute Gasteiger partial charge is 0.137 e. The van der Waals surface area contributed by atoms with E-state index in [4.69, 9.17) is 14.7 Å². The van der Waals surface area contributed by atoms with E-state index in [1.54, 1.807) is 7.11 Å². The van der Waals surface area contributed by atoms with Gasteiger partial charge >= 0.3 is 0 Å². The van der Waals surface area contributed by atoms with Crippen molar-refractivity contribution in [3.05, 3.63) is 29.3 Å². The first-order chi connectivity index (χ1) is 7.69. The molecular formula is C13H17NO2. The topological polar surface area (TPSA) is 42.2 Å². The van der Waals surface area contributed by atoms with Crippen LogP contribution in [0.3, 0.4) is 0 Å².